The van der Waals surface area contributed by atoms with E-state index in [1.807, 2.05) is 24.3 Å². The molecule has 9 heteroatoms. The molecule has 0 radical (unpaired) electrons. The highest BCUT2D eigenvalue weighted by molar-refractivity contribution is 5.97. The van der Waals surface area contributed by atoms with Crippen molar-refractivity contribution in [2.24, 2.45) is 0 Å². The van der Waals surface area contributed by atoms with Gasteiger partial charge in [0.05, 0.1) is 24.1 Å². The number of nitro benzene ring substituents is 1. The summed E-state index contributed by atoms with van der Waals surface area (Å²) in [7, 11) is 0. The summed E-state index contributed by atoms with van der Waals surface area (Å²) in [5.74, 6) is -0.473. The highest BCUT2D eigenvalue weighted by Gasteiger charge is 2.48. The number of fused-ring (bicyclic) bond motifs is 4. The lowest BCUT2D eigenvalue weighted by atomic mass is 9.86. The minimum absolute atomic E-state index is 0.0741. The Hall–Kier alpha value is -3.72. The van der Waals surface area contributed by atoms with E-state index in [0.29, 0.717) is 12.0 Å². The largest absolute Gasteiger partial charge is 0.395 e. The lowest BCUT2D eigenvalue weighted by Gasteiger charge is -2.47. The number of aliphatic hydroxyl groups excluding tert-OH is 1. The van der Waals surface area contributed by atoms with Crippen LogP contribution in [0.25, 0.3) is 10.9 Å². The van der Waals surface area contributed by atoms with Crippen molar-refractivity contribution in [3.8, 4) is 0 Å². The Kier molecular flexibility index (Phi) is 4.48. The lowest BCUT2D eigenvalue weighted by Crippen LogP contribution is -2.63. The number of carbonyl (C=O) groups is 2. The SMILES string of the molecule is O=C1[C@@H]2Cc3c([nH]c4ccccc34)C(c3cccc([N+](=O)[O-])c3)N2C(=O)CN1CCO. The quantitative estimate of drug-likeness (QED) is 0.492. The Labute approximate surface area is 177 Å². The number of piperazine rings is 1. The van der Waals surface area contributed by atoms with Crippen LogP contribution in [-0.2, 0) is 16.0 Å². The number of hydrogen-bond donors (Lipinski definition) is 2. The Bertz CT molecular complexity index is 1220. The van der Waals surface area contributed by atoms with Gasteiger partial charge in [0, 0.05) is 41.7 Å². The number of rotatable bonds is 4. The maximum Gasteiger partial charge on any atom is 0.269 e. The summed E-state index contributed by atoms with van der Waals surface area (Å²) in [6, 6.07) is 12.5. The van der Waals surface area contributed by atoms with Crippen molar-refractivity contribution in [3.05, 3.63) is 75.5 Å². The molecule has 0 aliphatic carbocycles. The first-order chi connectivity index (χ1) is 15.0. The summed E-state index contributed by atoms with van der Waals surface area (Å²) in [5, 5.41) is 21.6. The van der Waals surface area contributed by atoms with Gasteiger partial charge < -0.3 is 19.9 Å². The maximum absolute atomic E-state index is 13.2. The molecule has 3 heterocycles. The smallest absolute Gasteiger partial charge is 0.269 e. The zero-order valence-electron chi connectivity index (χ0n) is 16.5. The number of non-ortho nitro benzene ring substituents is 1. The summed E-state index contributed by atoms with van der Waals surface area (Å²) in [6.07, 6.45) is 0.345. The highest BCUT2D eigenvalue weighted by atomic mass is 16.6. The molecule has 0 bridgehead atoms. The number of nitrogens with one attached hydrogen (secondary N) is 1. The van der Waals surface area contributed by atoms with Crippen molar-refractivity contribution in [1.82, 2.24) is 14.8 Å². The third-order valence-electron chi connectivity index (χ3n) is 6.11. The number of aromatic nitrogens is 1. The van der Waals surface area contributed by atoms with Crippen molar-refractivity contribution >= 4 is 28.4 Å². The van der Waals surface area contributed by atoms with Crippen LogP contribution in [-0.4, -0.2) is 62.4 Å². The first kappa shape index (κ1) is 19.3. The summed E-state index contributed by atoms with van der Waals surface area (Å²) in [4.78, 5) is 43.6. The van der Waals surface area contributed by atoms with Gasteiger partial charge in [-0.25, -0.2) is 0 Å². The third-order valence-corrected chi connectivity index (χ3v) is 6.11. The van der Waals surface area contributed by atoms with Gasteiger partial charge in [-0.05, 0) is 17.2 Å². The summed E-state index contributed by atoms with van der Waals surface area (Å²) in [6.45, 7) is -0.258. The van der Waals surface area contributed by atoms with Crippen LogP contribution in [0.15, 0.2) is 48.5 Å². The molecule has 2 aliphatic rings. The minimum Gasteiger partial charge on any atom is -0.395 e. The summed E-state index contributed by atoms with van der Waals surface area (Å²) in [5.41, 5.74) is 3.09. The molecule has 2 aliphatic heterocycles. The molecular formula is C22H20N4O5. The van der Waals surface area contributed by atoms with Gasteiger partial charge in [-0.2, -0.15) is 0 Å². The van der Waals surface area contributed by atoms with E-state index >= 15 is 0 Å². The van der Waals surface area contributed by atoms with Crippen LogP contribution >= 0.6 is 0 Å². The van der Waals surface area contributed by atoms with Crippen molar-refractivity contribution in [2.45, 2.75) is 18.5 Å². The Balaban J connectivity index is 1.71. The van der Waals surface area contributed by atoms with E-state index in [2.05, 4.69) is 4.98 Å². The van der Waals surface area contributed by atoms with Crippen molar-refractivity contribution in [1.29, 1.82) is 0 Å². The zero-order valence-corrected chi connectivity index (χ0v) is 16.5. The molecule has 3 aromatic rings. The second kappa shape index (κ2) is 7.21. The average molecular weight is 420 g/mol. The predicted octanol–water partition coefficient (Wildman–Crippen LogP) is 1.75. The number of nitrogens with zero attached hydrogens (tertiary/aromatic N) is 3. The Morgan fingerprint density at radius 2 is 1.97 bits per heavy atom. The number of nitro groups is 1. The van der Waals surface area contributed by atoms with E-state index in [0.717, 1.165) is 22.2 Å². The molecule has 0 spiro atoms. The fraction of sp³-hybridized carbons (Fsp3) is 0.273. The third kappa shape index (κ3) is 2.97. The average Bonchev–Trinajstić information content (AvgIpc) is 3.14. The Morgan fingerprint density at radius 3 is 2.74 bits per heavy atom. The number of benzene rings is 2. The van der Waals surface area contributed by atoms with Gasteiger partial charge in [-0.15, -0.1) is 0 Å². The van der Waals surface area contributed by atoms with E-state index in [1.54, 1.807) is 17.0 Å². The zero-order chi connectivity index (χ0) is 21.7. The monoisotopic (exact) mass is 420 g/mol. The van der Waals surface area contributed by atoms with E-state index in [-0.39, 0.29) is 37.2 Å². The van der Waals surface area contributed by atoms with Crippen LogP contribution in [0, 0.1) is 10.1 Å². The fourth-order valence-electron chi connectivity index (χ4n) is 4.79. The number of hydrogen-bond acceptors (Lipinski definition) is 5. The second-order valence-corrected chi connectivity index (χ2v) is 7.82. The summed E-state index contributed by atoms with van der Waals surface area (Å²) >= 11 is 0. The maximum atomic E-state index is 13.2. The van der Waals surface area contributed by atoms with E-state index < -0.39 is 17.0 Å². The predicted molar refractivity (Wildman–Crippen MR) is 111 cm³/mol. The number of H-pyrrole nitrogens is 1. The molecule has 2 amide bonds. The molecule has 31 heavy (non-hydrogen) atoms. The standard InChI is InChI=1S/C22H20N4O5/c27-9-8-24-12-19(28)25-18(22(24)29)11-16-15-6-1-2-7-17(15)23-20(16)21(25)13-4-3-5-14(10-13)26(30)31/h1-7,10,18,21,23,27H,8-9,11-12H2/t18-,21?/m0/s1. The Morgan fingerprint density at radius 1 is 1.16 bits per heavy atom. The topological polar surface area (TPSA) is 120 Å². The molecule has 2 atom stereocenters. The van der Waals surface area contributed by atoms with E-state index in [9.17, 15) is 24.8 Å². The van der Waals surface area contributed by atoms with Gasteiger partial charge in [0.1, 0.15) is 6.04 Å². The molecule has 1 fully saturated rings. The van der Waals surface area contributed by atoms with Crippen LogP contribution in [0.5, 0.6) is 0 Å². The summed E-state index contributed by atoms with van der Waals surface area (Å²) < 4.78 is 0. The van der Waals surface area contributed by atoms with Crippen LogP contribution in [0.3, 0.4) is 0 Å². The van der Waals surface area contributed by atoms with Crippen molar-refractivity contribution < 1.29 is 19.6 Å². The number of para-hydroxylation sites is 1. The van der Waals surface area contributed by atoms with Crippen LogP contribution < -0.4 is 0 Å². The highest BCUT2D eigenvalue weighted by Crippen LogP contribution is 2.43. The van der Waals surface area contributed by atoms with Gasteiger partial charge in [0.15, 0.2) is 0 Å². The van der Waals surface area contributed by atoms with E-state index in [1.165, 1.54) is 17.0 Å². The van der Waals surface area contributed by atoms with Gasteiger partial charge in [-0.3, -0.25) is 19.7 Å². The molecule has 158 valence electrons. The molecule has 9 nitrogen and oxygen atoms in total. The molecule has 0 saturated carbocycles. The van der Waals surface area contributed by atoms with Gasteiger partial charge in [0.25, 0.3) is 5.69 Å². The molecule has 1 unspecified atom stereocenters. The van der Waals surface area contributed by atoms with Gasteiger partial charge in [0.2, 0.25) is 11.8 Å². The van der Waals surface area contributed by atoms with Crippen LogP contribution in [0.4, 0.5) is 5.69 Å². The first-order valence-corrected chi connectivity index (χ1v) is 10.0. The first-order valence-electron chi connectivity index (χ1n) is 10.0. The molecule has 2 aromatic carbocycles. The number of β-amino-alcohol motifs (C(OH)–C–C–N with tert-alkyl or cyclic N) is 1. The fourth-order valence-corrected chi connectivity index (χ4v) is 4.79. The number of aliphatic hydroxyl groups is 1. The number of carbonyl (C=O) groups excluding carboxylic acids is 2. The number of amides is 2. The lowest BCUT2D eigenvalue weighted by molar-refractivity contribution is -0.384. The molecule has 2 N–H and O–H groups in total. The molecule has 1 saturated heterocycles. The van der Waals surface area contributed by atoms with Crippen molar-refractivity contribution in [2.75, 3.05) is 19.7 Å². The van der Waals surface area contributed by atoms with Gasteiger partial charge >= 0.3 is 0 Å². The second-order valence-electron chi connectivity index (χ2n) is 7.82. The molecule has 5 rings (SSSR count). The van der Waals surface area contributed by atoms with Gasteiger partial charge in [-0.1, -0.05) is 30.3 Å². The minimum atomic E-state index is -0.733. The molecular weight excluding hydrogens is 400 g/mol. The van der Waals surface area contributed by atoms with Crippen LogP contribution in [0.2, 0.25) is 0 Å². The number of aromatic amines is 1. The van der Waals surface area contributed by atoms with Crippen molar-refractivity contribution in [3.63, 3.8) is 0 Å². The van der Waals surface area contributed by atoms with E-state index in [4.69, 9.17) is 0 Å². The molecule has 1 aromatic heterocycles. The normalized spacial score (nSPS) is 20.7. The van der Waals surface area contributed by atoms with Crippen LogP contribution in [0.1, 0.15) is 22.9 Å².